The zero-order valence-electron chi connectivity index (χ0n) is 76.2. The van der Waals surface area contributed by atoms with Crippen LogP contribution in [0.25, 0.3) is 46.1 Å². The number of rotatable bonds is 31. The molecular formula is C90H123F3N12O22S. The number of nitrogens with zero attached hydrogens (tertiary/aromatic N) is 6. The van der Waals surface area contributed by atoms with E-state index < -0.39 is 78.8 Å². The summed E-state index contributed by atoms with van der Waals surface area (Å²) in [5.74, 6) is -3.09. The van der Waals surface area contributed by atoms with E-state index in [0.717, 1.165) is 75.3 Å². The van der Waals surface area contributed by atoms with Crippen molar-refractivity contribution in [2.75, 3.05) is 127 Å². The van der Waals surface area contributed by atoms with Gasteiger partial charge in [-0.2, -0.15) is 23.8 Å². The number of methoxy groups -OCH3 is 1. The third-order valence-electron chi connectivity index (χ3n) is 21.1. The van der Waals surface area contributed by atoms with Gasteiger partial charge in [-0.3, -0.25) is 52.7 Å². The molecule has 702 valence electrons. The average molecular weight is 1810 g/mol. The van der Waals surface area contributed by atoms with Gasteiger partial charge in [-0.15, -0.1) is 0 Å². The number of fused-ring (bicyclic) bond motifs is 2. The molecule has 0 bridgehead atoms. The second-order valence-electron chi connectivity index (χ2n) is 35.3. The Labute approximate surface area is 743 Å². The quantitative estimate of drug-likeness (QED) is 0.0114. The Bertz CT molecular complexity index is 5240. The number of carbonyl (C=O) groups excluding carboxylic acids is 7. The summed E-state index contributed by atoms with van der Waals surface area (Å²) in [6, 6.07) is 19.6. The van der Waals surface area contributed by atoms with Gasteiger partial charge >= 0.3 is 42.0 Å². The number of H-pyrrole nitrogens is 3. The number of carboxylic acid groups (broad SMARTS) is 2. The topological polar surface area (TPSA) is 445 Å². The summed E-state index contributed by atoms with van der Waals surface area (Å²) in [7, 11) is 10.8. The molecule has 13 rings (SSSR count). The fourth-order valence-corrected chi connectivity index (χ4v) is 13.6. The molecule has 6 aliphatic carbocycles. The minimum absolute atomic E-state index is 0.0151. The van der Waals surface area contributed by atoms with Gasteiger partial charge in [0.2, 0.25) is 5.91 Å². The summed E-state index contributed by atoms with van der Waals surface area (Å²) in [5.41, 5.74) is 0.0986. The minimum atomic E-state index is -3.47. The highest BCUT2D eigenvalue weighted by Gasteiger charge is 2.56. The van der Waals surface area contributed by atoms with Crippen molar-refractivity contribution in [3.05, 3.63) is 141 Å². The predicted octanol–water partition coefficient (Wildman–Crippen LogP) is 12.6. The van der Waals surface area contributed by atoms with Crippen molar-refractivity contribution in [2.24, 2.45) is 32.5 Å². The van der Waals surface area contributed by atoms with E-state index in [-0.39, 0.29) is 77.2 Å². The zero-order valence-corrected chi connectivity index (χ0v) is 77.0. The van der Waals surface area contributed by atoms with Gasteiger partial charge < -0.3 is 78.7 Å². The number of hydrogen-bond acceptors (Lipinski definition) is 25. The molecule has 0 radical (unpaired) electrons. The molecule has 6 saturated carbocycles. The van der Waals surface area contributed by atoms with E-state index in [2.05, 4.69) is 45.7 Å². The van der Waals surface area contributed by atoms with Gasteiger partial charge in [-0.05, 0) is 240 Å². The summed E-state index contributed by atoms with van der Waals surface area (Å²) in [6.07, 6.45) is 16.6. The first kappa shape index (κ1) is 104. The van der Waals surface area contributed by atoms with Gasteiger partial charge in [0.1, 0.15) is 34.4 Å². The van der Waals surface area contributed by atoms with Crippen LogP contribution in [-0.4, -0.2) is 251 Å². The summed E-state index contributed by atoms with van der Waals surface area (Å²) in [4.78, 5) is 123. The third kappa shape index (κ3) is 31.2. The third-order valence-corrected chi connectivity index (χ3v) is 21.7. The number of hydrogen-bond donors (Lipinski definition) is 8. The van der Waals surface area contributed by atoms with E-state index in [1.807, 2.05) is 65.7 Å². The fraction of sp³-hybridized carbons (Fsp3) is 0.533. The Morgan fingerprint density at radius 2 is 1.02 bits per heavy atom. The van der Waals surface area contributed by atoms with Crippen LogP contribution in [0.3, 0.4) is 0 Å². The minimum Gasteiger partial charge on any atom is -0.495 e. The second-order valence-corrected chi connectivity index (χ2v) is 37.0. The van der Waals surface area contributed by atoms with Crippen LogP contribution in [-0.2, 0) is 73.3 Å². The number of aliphatic carboxylic acids is 2. The number of anilines is 1. The predicted molar refractivity (Wildman–Crippen MR) is 473 cm³/mol. The van der Waals surface area contributed by atoms with Crippen LogP contribution >= 0.6 is 0 Å². The van der Waals surface area contributed by atoms with Crippen molar-refractivity contribution in [1.29, 1.82) is 0 Å². The summed E-state index contributed by atoms with van der Waals surface area (Å²) >= 11 is 0. The van der Waals surface area contributed by atoms with Crippen LogP contribution in [0, 0.1) is 49.9 Å². The van der Waals surface area contributed by atoms with Gasteiger partial charge in [0.15, 0.2) is 5.76 Å². The number of aromatic nitrogens is 5. The van der Waals surface area contributed by atoms with Crippen molar-refractivity contribution in [2.45, 2.75) is 157 Å². The van der Waals surface area contributed by atoms with E-state index in [4.69, 9.17) is 43.2 Å². The molecular weight excluding hydrogens is 1690 g/mol. The normalized spacial score (nSPS) is 16.1. The van der Waals surface area contributed by atoms with E-state index >= 15 is 0 Å². The smallest absolute Gasteiger partial charge is 0.410 e. The molecule has 7 aromatic rings. The number of ether oxygens (including phenoxy) is 6. The number of aromatic amines is 3. The molecule has 34 nitrogen and oxygen atoms in total. The molecule has 128 heavy (non-hydrogen) atoms. The lowest BCUT2D eigenvalue weighted by molar-refractivity contribution is -0.151. The highest BCUT2D eigenvalue weighted by molar-refractivity contribution is 7.86. The fourth-order valence-electron chi connectivity index (χ4n) is 13.2. The van der Waals surface area contributed by atoms with Gasteiger partial charge in [-0.1, -0.05) is 36.4 Å². The Hall–Kier alpha value is -11.5. The van der Waals surface area contributed by atoms with E-state index in [0.29, 0.717) is 115 Å². The number of halogens is 3. The van der Waals surface area contributed by atoms with Crippen LogP contribution in [0.5, 0.6) is 5.75 Å². The molecule has 0 aliphatic heterocycles. The van der Waals surface area contributed by atoms with Gasteiger partial charge in [0, 0.05) is 64.3 Å². The Kier molecular flexibility index (Phi) is 36.0. The molecule has 3 aromatic heterocycles. The average Bonchev–Trinajstić information content (AvgIpc) is 1.59. The first-order valence-electron chi connectivity index (χ1n) is 42.0. The highest BCUT2D eigenvalue weighted by atomic mass is 32.2. The Balaban J connectivity index is 0.000000212. The standard InChI is InChI=1S/C21H20F2N4O.C21H17FN4O4.C13H23NO4.C11H19NO4.C9H17NO2.C8H14O5S.C7H13NO2/c1-24-12-21(8-9-21)20(28)25-19-10-15-17(26-27-18(15)11-16(19)23)7-4-13-2-5-14(22)6-3-13;1-29-20-15(21(28)23-11-14-10-18(27)26-30-14)7-9-17-19(20)16(24-25-17)8-4-12-2-5-13(22)6-3-12;1-6-17-10(15)13(7-8-13)9-14(5)11(16)18-12(2,3)4;1-10(2,3)16-9(15)12(4)7-11(5-6-11)8(13)14;1-4-12-8(11)9(5-6-9)7-10(2)3;1-3-12-7(9)8(4-5-8)6-13-14(2,10)11;1-8(2)5-7(3-4-7)6(9)10/h2-7,10-11,24H,8-9,12H2,1H3,(H,25,28)(H,26,27);2-10H,11H2,1H3,(H,23,28)(H,24,25)(H,26,27);6-9H2,1-5H3;5-7H2,1-4H3,(H,13,14);4-7H2,1-3H3;3-6H2,1-2H3;3-5H2,1-2H3,(H,9,10)/b7-4+;8-4+;;;;;. The summed E-state index contributed by atoms with van der Waals surface area (Å²) in [6.45, 7) is 19.9. The monoisotopic (exact) mass is 1810 g/mol. The lowest BCUT2D eigenvalue weighted by Crippen LogP contribution is -2.40. The Morgan fingerprint density at radius 3 is 1.43 bits per heavy atom. The van der Waals surface area contributed by atoms with Crippen LogP contribution in [0.1, 0.15) is 178 Å². The van der Waals surface area contributed by atoms with Gasteiger partial charge in [-0.25, -0.2) is 22.8 Å². The molecule has 38 heteroatoms. The maximum Gasteiger partial charge on any atom is 0.410 e. The highest BCUT2D eigenvalue weighted by Crippen LogP contribution is 2.51. The van der Waals surface area contributed by atoms with Crippen molar-refractivity contribution >= 4 is 116 Å². The Morgan fingerprint density at radius 1 is 0.578 bits per heavy atom. The van der Waals surface area contributed by atoms with Crippen molar-refractivity contribution in [3.63, 3.8) is 0 Å². The van der Waals surface area contributed by atoms with Crippen molar-refractivity contribution in [1.82, 2.24) is 55.8 Å². The molecule has 0 atom stereocenters. The maximum atomic E-state index is 14.4. The number of benzene rings is 4. The van der Waals surface area contributed by atoms with Crippen LogP contribution in [0.4, 0.5) is 28.4 Å². The first-order valence-corrected chi connectivity index (χ1v) is 43.8. The zero-order chi connectivity index (χ0) is 95.1. The lowest BCUT2D eigenvalue weighted by atomic mass is 10.1. The van der Waals surface area contributed by atoms with E-state index in [9.17, 15) is 69.5 Å². The number of amides is 4. The molecule has 0 spiro atoms. The SMILES string of the molecule is CCOC(=O)C1(CN(C)C(=O)OC(C)(C)C)CC1.CCOC(=O)C1(CN(C)C)CC1.CCOC(=O)C1(COS(C)(=O)=O)CC1.CN(C)CC1(C(=O)O)CC1.CN(CC1(C(=O)O)CC1)C(=O)OC(C)(C)C.CNCC1(C(=O)Nc2cc3c(/C=C/c4ccc(F)cc4)n[nH]c3cc2F)CC1.COc1c(C(=O)NCc2cc(=O)[nH]o2)ccc2n[nH]c(/C=C/c3ccc(F)cc3)c12. The number of carbonyl (C=O) groups is 9. The number of carboxylic acids is 2. The second kappa shape index (κ2) is 44.5. The van der Waals surface area contributed by atoms with Crippen LogP contribution in [0.2, 0.25) is 0 Å². The molecule has 3 heterocycles. The molecule has 8 N–H and O–H groups in total. The molecule has 6 fully saturated rings. The van der Waals surface area contributed by atoms with E-state index in [1.165, 1.54) is 53.3 Å². The van der Waals surface area contributed by atoms with Crippen LogP contribution in [0.15, 0.2) is 88.2 Å². The van der Waals surface area contributed by atoms with Crippen LogP contribution < -0.4 is 26.2 Å². The molecule has 0 saturated heterocycles. The van der Waals surface area contributed by atoms with Gasteiger partial charge in [0.05, 0.1) is 118 Å². The first-order chi connectivity index (χ1) is 60.0. The molecule has 0 unspecified atom stereocenters. The van der Waals surface area contributed by atoms with Crippen molar-refractivity contribution in [3.8, 4) is 5.75 Å². The van der Waals surface area contributed by atoms with E-state index in [1.54, 1.807) is 123 Å². The largest absolute Gasteiger partial charge is 0.495 e. The maximum absolute atomic E-state index is 14.4. The number of esters is 3. The molecule has 6 aliphatic rings. The van der Waals surface area contributed by atoms with Crippen molar-refractivity contribution < 1.29 is 112 Å². The lowest BCUT2D eigenvalue weighted by Gasteiger charge is -2.26. The molecule has 4 aromatic carbocycles. The summed E-state index contributed by atoms with van der Waals surface area (Å²) in [5, 5.41) is 43.8. The van der Waals surface area contributed by atoms with Gasteiger partial charge in [0.25, 0.3) is 21.6 Å². The molecule has 4 amide bonds. The number of nitrogens with one attached hydrogen (secondary N) is 6. The summed E-state index contributed by atoms with van der Waals surface area (Å²) < 4.78 is 102.